The molecule has 2 heterocycles. The summed E-state index contributed by atoms with van der Waals surface area (Å²) in [5.74, 6) is -1.12. The van der Waals surface area contributed by atoms with E-state index in [1.165, 1.54) is 25.4 Å². The van der Waals surface area contributed by atoms with Crippen LogP contribution in [0.5, 0.6) is 0 Å². The Hall–Kier alpha value is -3.26. The van der Waals surface area contributed by atoms with Gasteiger partial charge >= 0.3 is 5.97 Å². The Kier molecular flexibility index (Phi) is 5.70. The average molecular weight is 397 g/mol. The molecular weight excluding hydrogens is 378 g/mol. The molecule has 28 heavy (non-hydrogen) atoms. The largest absolute Gasteiger partial charge is 0.465 e. The van der Waals surface area contributed by atoms with E-state index in [1.807, 2.05) is 17.5 Å². The number of hydrogen-bond acceptors (Lipinski definition) is 6. The molecule has 0 aliphatic rings. The van der Waals surface area contributed by atoms with Crippen LogP contribution in [0.15, 0.2) is 35.8 Å². The number of H-pyrrole nitrogens is 1. The Morgan fingerprint density at radius 2 is 1.93 bits per heavy atom. The highest BCUT2D eigenvalue weighted by Gasteiger charge is 2.24. The van der Waals surface area contributed by atoms with Gasteiger partial charge in [0.15, 0.2) is 5.78 Å². The number of thiazole rings is 1. The lowest BCUT2D eigenvalue weighted by Gasteiger charge is -2.07. The quantitative estimate of drug-likeness (QED) is 0.489. The molecule has 3 aromatic rings. The highest BCUT2D eigenvalue weighted by molar-refractivity contribution is 7.13. The molecule has 144 valence electrons. The number of benzene rings is 1. The number of methoxy groups -OCH3 is 1. The van der Waals surface area contributed by atoms with Gasteiger partial charge in [0.05, 0.1) is 24.8 Å². The van der Waals surface area contributed by atoms with Gasteiger partial charge in [0.1, 0.15) is 5.01 Å². The van der Waals surface area contributed by atoms with Gasteiger partial charge < -0.3 is 15.0 Å². The SMILES string of the molecule is COC(=O)c1c(CC(=O)Nc2ccc(-c3nccs3)cc2)[nH]c(C(C)=O)c1C. The summed E-state index contributed by atoms with van der Waals surface area (Å²) in [5, 5.41) is 5.59. The van der Waals surface area contributed by atoms with Gasteiger partial charge in [-0.05, 0) is 36.8 Å². The highest BCUT2D eigenvalue weighted by Crippen LogP contribution is 2.24. The molecule has 2 aromatic heterocycles. The minimum absolute atomic E-state index is 0.0905. The first-order valence-corrected chi connectivity index (χ1v) is 9.39. The first-order chi connectivity index (χ1) is 13.4. The Morgan fingerprint density at radius 1 is 1.21 bits per heavy atom. The molecule has 7 nitrogen and oxygen atoms in total. The van der Waals surface area contributed by atoms with Crippen LogP contribution < -0.4 is 5.32 Å². The second-order valence-corrected chi connectivity index (χ2v) is 7.06. The Balaban J connectivity index is 1.77. The van der Waals surface area contributed by atoms with Gasteiger partial charge in [-0.15, -0.1) is 11.3 Å². The van der Waals surface area contributed by atoms with Crippen molar-refractivity contribution in [1.29, 1.82) is 0 Å². The topological polar surface area (TPSA) is 101 Å². The molecule has 8 heteroatoms. The van der Waals surface area contributed by atoms with E-state index in [4.69, 9.17) is 4.74 Å². The summed E-state index contributed by atoms with van der Waals surface area (Å²) in [6.45, 7) is 3.05. The third-order valence-electron chi connectivity index (χ3n) is 4.25. The van der Waals surface area contributed by atoms with Crippen LogP contribution in [0.1, 0.15) is 39.0 Å². The van der Waals surface area contributed by atoms with Crippen LogP contribution in [0.3, 0.4) is 0 Å². The molecule has 0 radical (unpaired) electrons. The number of ketones is 1. The second-order valence-electron chi connectivity index (χ2n) is 6.17. The third kappa shape index (κ3) is 4.01. The van der Waals surface area contributed by atoms with Crippen LogP contribution in [0.4, 0.5) is 5.69 Å². The number of ether oxygens (including phenoxy) is 1. The highest BCUT2D eigenvalue weighted by atomic mass is 32.1. The van der Waals surface area contributed by atoms with E-state index in [2.05, 4.69) is 15.3 Å². The van der Waals surface area contributed by atoms with Crippen molar-refractivity contribution in [2.75, 3.05) is 12.4 Å². The molecule has 3 rings (SSSR count). The zero-order chi connectivity index (χ0) is 20.3. The lowest BCUT2D eigenvalue weighted by atomic mass is 10.1. The van der Waals surface area contributed by atoms with E-state index in [9.17, 15) is 14.4 Å². The van der Waals surface area contributed by atoms with Gasteiger partial charge in [-0.25, -0.2) is 9.78 Å². The number of nitrogens with zero attached hydrogens (tertiary/aromatic N) is 1. The molecule has 0 fully saturated rings. The van der Waals surface area contributed by atoms with E-state index < -0.39 is 5.97 Å². The number of rotatable bonds is 6. The van der Waals surface area contributed by atoms with Crippen LogP contribution in [-0.2, 0) is 16.0 Å². The van der Waals surface area contributed by atoms with Gasteiger partial charge in [-0.1, -0.05) is 0 Å². The maximum Gasteiger partial charge on any atom is 0.339 e. The zero-order valence-electron chi connectivity index (χ0n) is 15.7. The molecular formula is C20H19N3O4S. The Labute approximate surface area is 165 Å². The summed E-state index contributed by atoms with van der Waals surface area (Å²) in [4.78, 5) is 43.5. The molecule has 0 bridgehead atoms. The molecule has 0 atom stereocenters. The molecule has 0 aliphatic carbocycles. The molecule has 2 N–H and O–H groups in total. The summed E-state index contributed by atoms with van der Waals surface area (Å²) >= 11 is 1.54. The predicted molar refractivity (Wildman–Crippen MR) is 107 cm³/mol. The molecule has 0 unspecified atom stereocenters. The summed E-state index contributed by atoms with van der Waals surface area (Å²) in [6, 6.07) is 7.33. The van der Waals surface area contributed by atoms with Crippen molar-refractivity contribution in [1.82, 2.24) is 9.97 Å². The summed E-state index contributed by atoms with van der Waals surface area (Å²) in [5.41, 5.74) is 2.95. The maximum absolute atomic E-state index is 12.5. The number of amides is 1. The Morgan fingerprint density at radius 3 is 2.50 bits per heavy atom. The zero-order valence-corrected chi connectivity index (χ0v) is 16.5. The van der Waals surface area contributed by atoms with Gasteiger partial charge in [-0.2, -0.15) is 0 Å². The van der Waals surface area contributed by atoms with Crippen molar-refractivity contribution in [3.05, 3.63) is 58.4 Å². The standard InChI is InChI=1S/C20H19N3O4S/c1-11-17(20(26)27-3)15(23-18(11)12(2)24)10-16(25)22-14-6-4-13(5-7-14)19-21-8-9-28-19/h4-9,23H,10H2,1-3H3,(H,22,25). The van der Waals surface area contributed by atoms with Crippen molar-refractivity contribution >= 4 is 34.7 Å². The van der Waals surface area contributed by atoms with Crippen LogP contribution in [0.2, 0.25) is 0 Å². The number of aromatic amines is 1. The normalized spacial score (nSPS) is 10.5. The van der Waals surface area contributed by atoms with Crippen molar-refractivity contribution in [2.45, 2.75) is 20.3 Å². The van der Waals surface area contributed by atoms with Gasteiger partial charge in [0.2, 0.25) is 5.91 Å². The van der Waals surface area contributed by atoms with E-state index >= 15 is 0 Å². The molecule has 0 saturated carbocycles. The fourth-order valence-corrected chi connectivity index (χ4v) is 3.59. The number of anilines is 1. The summed E-state index contributed by atoms with van der Waals surface area (Å²) < 4.78 is 4.79. The van der Waals surface area contributed by atoms with Crippen molar-refractivity contribution in [3.8, 4) is 10.6 Å². The molecule has 0 spiro atoms. The number of hydrogen-bond donors (Lipinski definition) is 2. The number of aromatic nitrogens is 2. The van der Waals surface area contributed by atoms with Crippen LogP contribution in [0, 0.1) is 6.92 Å². The van der Waals surface area contributed by atoms with Crippen molar-refractivity contribution in [3.63, 3.8) is 0 Å². The minimum Gasteiger partial charge on any atom is -0.465 e. The first-order valence-electron chi connectivity index (χ1n) is 8.51. The fraction of sp³-hybridized carbons (Fsp3) is 0.200. The van der Waals surface area contributed by atoms with E-state index in [0.717, 1.165) is 10.6 Å². The monoisotopic (exact) mass is 397 g/mol. The minimum atomic E-state index is -0.586. The average Bonchev–Trinajstić information content (AvgIpc) is 3.30. The smallest absolute Gasteiger partial charge is 0.339 e. The third-order valence-corrected chi connectivity index (χ3v) is 5.08. The second kappa shape index (κ2) is 8.18. The number of nitrogens with one attached hydrogen (secondary N) is 2. The Bertz CT molecular complexity index is 1020. The molecule has 0 saturated heterocycles. The number of carbonyl (C=O) groups excluding carboxylic acids is 3. The number of Topliss-reactive ketones (excluding diaryl/α,β-unsaturated/α-hetero) is 1. The summed E-state index contributed by atoms with van der Waals surface area (Å²) in [6.07, 6.45) is 1.65. The van der Waals surface area contributed by atoms with Crippen molar-refractivity contribution < 1.29 is 19.1 Å². The van der Waals surface area contributed by atoms with Gasteiger partial charge in [-0.3, -0.25) is 9.59 Å². The molecule has 0 aliphatic heterocycles. The van der Waals surface area contributed by atoms with Crippen LogP contribution >= 0.6 is 11.3 Å². The van der Waals surface area contributed by atoms with Gasteiger partial charge in [0, 0.05) is 35.4 Å². The fourth-order valence-electron chi connectivity index (χ4n) is 2.95. The lowest BCUT2D eigenvalue weighted by Crippen LogP contribution is -2.17. The lowest BCUT2D eigenvalue weighted by molar-refractivity contribution is -0.115. The van der Waals surface area contributed by atoms with Crippen LogP contribution in [-0.4, -0.2) is 34.7 Å². The predicted octanol–water partition coefficient (Wildman–Crippen LogP) is 3.62. The molecule has 1 aromatic carbocycles. The van der Waals surface area contributed by atoms with Gasteiger partial charge in [0.25, 0.3) is 0 Å². The first kappa shape index (κ1) is 19.5. The number of carbonyl (C=O) groups is 3. The van der Waals surface area contributed by atoms with E-state index in [0.29, 0.717) is 22.6 Å². The van der Waals surface area contributed by atoms with Crippen molar-refractivity contribution in [2.24, 2.45) is 0 Å². The van der Waals surface area contributed by atoms with E-state index in [1.54, 1.807) is 25.3 Å². The van der Waals surface area contributed by atoms with Crippen LogP contribution in [0.25, 0.3) is 10.6 Å². The number of esters is 1. The van der Waals surface area contributed by atoms with E-state index in [-0.39, 0.29) is 23.7 Å². The molecule has 1 amide bonds. The maximum atomic E-state index is 12.5. The summed E-state index contributed by atoms with van der Waals surface area (Å²) in [7, 11) is 1.26.